The van der Waals surface area contributed by atoms with Gasteiger partial charge in [-0.05, 0) is 18.1 Å². The van der Waals surface area contributed by atoms with E-state index >= 15 is 0 Å². The molecule has 0 bridgehead atoms. The molecule has 2 aromatic carbocycles. The third-order valence-electron chi connectivity index (χ3n) is 4.18. The minimum Gasteiger partial charge on any atom is -0.370 e. The Bertz CT molecular complexity index is 567. The first-order chi connectivity index (χ1) is 10.3. The lowest BCUT2D eigenvalue weighted by Crippen LogP contribution is -2.43. The van der Waals surface area contributed by atoms with E-state index in [4.69, 9.17) is 5.73 Å². The van der Waals surface area contributed by atoms with E-state index in [0.717, 1.165) is 13.1 Å². The number of rotatable bonds is 4. The summed E-state index contributed by atoms with van der Waals surface area (Å²) >= 11 is 0. The van der Waals surface area contributed by atoms with Gasteiger partial charge in [-0.3, -0.25) is 4.99 Å². The van der Waals surface area contributed by atoms with Crippen LogP contribution >= 0.6 is 0 Å². The predicted molar refractivity (Wildman–Crippen MR) is 87.4 cm³/mol. The van der Waals surface area contributed by atoms with Gasteiger partial charge in [-0.25, -0.2) is 0 Å². The molecule has 1 aliphatic rings. The van der Waals surface area contributed by atoms with Crippen molar-refractivity contribution in [3.05, 3.63) is 71.8 Å². The predicted octanol–water partition coefficient (Wildman–Crippen LogP) is 2.84. The van der Waals surface area contributed by atoms with Crippen molar-refractivity contribution in [1.29, 1.82) is 0 Å². The Morgan fingerprint density at radius 3 is 2.05 bits per heavy atom. The maximum atomic E-state index is 6.05. The van der Waals surface area contributed by atoms with Crippen molar-refractivity contribution in [3.63, 3.8) is 0 Å². The minimum absolute atomic E-state index is 0.289. The van der Waals surface area contributed by atoms with E-state index in [1.165, 1.54) is 11.1 Å². The molecule has 0 amide bonds. The number of nitrogens with zero attached hydrogens (tertiary/aromatic N) is 2. The summed E-state index contributed by atoms with van der Waals surface area (Å²) in [4.78, 5) is 6.68. The van der Waals surface area contributed by atoms with Crippen molar-refractivity contribution in [2.45, 2.75) is 18.9 Å². The second-order valence-corrected chi connectivity index (χ2v) is 5.35. The largest absolute Gasteiger partial charge is 0.370 e. The van der Waals surface area contributed by atoms with Crippen LogP contribution in [0.3, 0.4) is 0 Å². The van der Waals surface area contributed by atoms with Gasteiger partial charge in [0.15, 0.2) is 5.96 Å². The molecule has 0 saturated heterocycles. The zero-order valence-electron chi connectivity index (χ0n) is 12.3. The zero-order valence-corrected chi connectivity index (χ0v) is 12.3. The van der Waals surface area contributed by atoms with Crippen LogP contribution in [0.25, 0.3) is 0 Å². The van der Waals surface area contributed by atoms with Gasteiger partial charge in [0.05, 0.1) is 12.6 Å². The van der Waals surface area contributed by atoms with Crippen LogP contribution in [0.5, 0.6) is 0 Å². The molecule has 3 nitrogen and oxygen atoms in total. The van der Waals surface area contributed by atoms with Gasteiger partial charge in [0.1, 0.15) is 0 Å². The number of hydrogen-bond donors (Lipinski definition) is 1. The lowest BCUT2D eigenvalue weighted by molar-refractivity contribution is 0.328. The normalized spacial score (nSPS) is 18.1. The van der Waals surface area contributed by atoms with Crippen LogP contribution in [0.15, 0.2) is 65.7 Å². The standard InChI is InChI=1S/C18H21N3/c1-2-21-16(13-20-18(21)19)17(14-9-5-3-6-10-14)15-11-7-4-8-12-15/h3-12,16-17H,2,13H2,1H3,(H2,19,20). The van der Waals surface area contributed by atoms with Crippen molar-refractivity contribution >= 4 is 5.96 Å². The number of hydrogen-bond acceptors (Lipinski definition) is 3. The highest BCUT2D eigenvalue weighted by Crippen LogP contribution is 2.32. The maximum absolute atomic E-state index is 6.05. The van der Waals surface area contributed by atoms with Crippen LogP contribution in [0.1, 0.15) is 24.0 Å². The van der Waals surface area contributed by atoms with Gasteiger partial charge < -0.3 is 10.6 Å². The molecule has 108 valence electrons. The first-order valence-corrected chi connectivity index (χ1v) is 7.47. The number of guanidine groups is 1. The second kappa shape index (κ2) is 6.00. The van der Waals surface area contributed by atoms with Crippen molar-refractivity contribution < 1.29 is 0 Å². The van der Waals surface area contributed by atoms with Crippen molar-refractivity contribution in [2.24, 2.45) is 10.7 Å². The van der Waals surface area contributed by atoms with E-state index in [0.29, 0.717) is 12.0 Å². The van der Waals surface area contributed by atoms with Gasteiger partial charge in [-0.1, -0.05) is 60.7 Å². The van der Waals surface area contributed by atoms with Crippen LogP contribution < -0.4 is 5.73 Å². The summed E-state index contributed by atoms with van der Waals surface area (Å²) in [5, 5.41) is 0. The van der Waals surface area contributed by atoms with E-state index in [1.807, 2.05) is 0 Å². The fraction of sp³-hybridized carbons (Fsp3) is 0.278. The van der Waals surface area contributed by atoms with E-state index < -0.39 is 0 Å². The Morgan fingerprint density at radius 2 is 1.57 bits per heavy atom. The minimum atomic E-state index is 0.289. The van der Waals surface area contributed by atoms with Crippen LogP contribution in [0.2, 0.25) is 0 Å². The molecule has 1 unspecified atom stereocenters. The smallest absolute Gasteiger partial charge is 0.191 e. The fourth-order valence-corrected chi connectivity index (χ4v) is 3.19. The summed E-state index contributed by atoms with van der Waals surface area (Å²) < 4.78 is 0. The van der Waals surface area contributed by atoms with E-state index in [1.54, 1.807) is 0 Å². The third-order valence-corrected chi connectivity index (χ3v) is 4.18. The fourth-order valence-electron chi connectivity index (χ4n) is 3.19. The molecule has 2 aromatic rings. The highest BCUT2D eigenvalue weighted by Gasteiger charge is 2.33. The summed E-state index contributed by atoms with van der Waals surface area (Å²) in [7, 11) is 0. The van der Waals surface area contributed by atoms with E-state index in [9.17, 15) is 0 Å². The van der Waals surface area contributed by atoms with Gasteiger partial charge in [0.25, 0.3) is 0 Å². The molecule has 2 N–H and O–H groups in total. The summed E-state index contributed by atoms with van der Waals surface area (Å²) in [6.45, 7) is 3.78. The lowest BCUT2D eigenvalue weighted by atomic mass is 9.84. The summed E-state index contributed by atoms with van der Waals surface area (Å²) in [6.07, 6.45) is 0. The number of likely N-dealkylation sites (N-methyl/N-ethyl adjacent to an activating group) is 1. The van der Waals surface area contributed by atoms with Gasteiger partial charge in [0, 0.05) is 12.5 Å². The molecule has 0 saturated carbocycles. The summed E-state index contributed by atoms with van der Waals surface area (Å²) in [6, 6.07) is 21.6. The Morgan fingerprint density at radius 1 is 1.05 bits per heavy atom. The average molecular weight is 279 g/mol. The van der Waals surface area contributed by atoms with Crippen molar-refractivity contribution in [3.8, 4) is 0 Å². The first-order valence-electron chi connectivity index (χ1n) is 7.47. The Hall–Kier alpha value is -2.29. The Labute approximate surface area is 126 Å². The molecule has 1 aliphatic heterocycles. The quantitative estimate of drug-likeness (QED) is 0.935. The second-order valence-electron chi connectivity index (χ2n) is 5.35. The Balaban J connectivity index is 2.02. The molecule has 0 fully saturated rings. The van der Waals surface area contributed by atoms with Gasteiger partial charge in [0.2, 0.25) is 0 Å². The third kappa shape index (κ3) is 2.64. The molecule has 0 aromatic heterocycles. The number of benzene rings is 2. The number of aliphatic imine (C=N–C) groups is 1. The lowest BCUT2D eigenvalue weighted by Gasteiger charge is -2.32. The molecule has 0 radical (unpaired) electrons. The molecule has 1 heterocycles. The van der Waals surface area contributed by atoms with Crippen molar-refractivity contribution in [2.75, 3.05) is 13.1 Å². The molecule has 1 atom stereocenters. The van der Waals surface area contributed by atoms with E-state index in [2.05, 4.69) is 77.5 Å². The average Bonchev–Trinajstić information content (AvgIpc) is 2.90. The molecule has 3 heteroatoms. The first kappa shape index (κ1) is 13.7. The van der Waals surface area contributed by atoms with Crippen LogP contribution in [0.4, 0.5) is 0 Å². The molecule has 0 aliphatic carbocycles. The highest BCUT2D eigenvalue weighted by molar-refractivity contribution is 5.80. The topological polar surface area (TPSA) is 41.6 Å². The summed E-state index contributed by atoms with van der Waals surface area (Å²) in [5.74, 6) is 0.955. The number of nitrogens with two attached hydrogens (primary N) is 1. The maximum Gasteiger partial charge on any atom is 0.191 e. The molecular weight excluding hydrogens is 258 g/mol. The zero-order chi connectivity index (χ0) is 14.7. The van der Waals surface area contributed by atoms with Crippen LogP contribution in [0, 0.1) is 0 Å². The summed E-state index contributed by atoms with van der Waals surface area (Å²) in [5.41, 5.74) is 8.68. The van der Waals surface area contributed by atoms with Crippen LogP contribution in [-0.4, -0.2) is 30.0 Å². The molecule has 0 spiro atoms. The van der Waals surface area contributed by atoms with Gasteiger partial charge in [-0.15, -0.1) is 0 Å². The monoisotopic (exact) mass is 279 g/mol. The van der Waals surface area contributed by atoms with Crippen LogP contribution in [-0.2, 0) is 0 Å². The highest BCUT2D eigenvalue weighted by atomic mass is 15.3. The Kier molecular flexibility index (Phi) is 3.91. The van der Waals surface area contributed by atoms with Crippen molar-refractivity contribution in [1.82, 2.24) is 4.90 Å². The van der Waals surface area contributed by atoms with Gasteiger partial charge in [-0.2, -0.15) is 0 Å². The van der Waals surface area contributed by atoms with E-state index in [-0.39, 0.29) is 5.92 Å². The molecule has 3 rings (SSSR count). The SMILES string of the molecule is CCN1C(N)=NCC1C(c1ccccc1)c1ccccc1. The molecular formula is C18H21N3. The molecule has 21 heavy (non-hydrogen) atoms. The van der Waals surface area contributed by atoms with Gasteiger partial charge >= 0.3 is 0 Å².